The summed E-state index contributed by atoms with van der Waals surface area (Å²) < 4.78 is 0. The number of rotatable bonds is 2. The molecule has 0 bridgehead atoms. The maximum Gasteiger partial charge on any atom is 0.247 e. The Labute approximate surface area is 113 Å². The summed E-state index contributed by atoms with van der Waals surface area (Å²) in [5.41, 5.74) is 2.15. The van der Waals surface area contributed by atoms with Crippen molar-refractivity contribution in [3.05, 3.63) is 41.5 Å². The van der Waals surface area contributed by atoms with Crippen molar-refractivity contribution in [3.63, 3.8) is 0 Å². The minimum absolute atomic E-state index is 0.0881. The predicted octanol–water partition coefficient (Wildman–Crippen LogP) is 1.36. The average Bonchev–Trinajstić information content (AvgIpc) is 2.61. The molecule has 0 aromatic heterocycles. The molecule has 1 aromatic carbocycles. The summed E-state index contributed by atoms with van der Waals surface area (Å²) >= 11 is 0. The van der Waals surface area contributed by atoms with Crippen molar-refractivity contribution in [2.45, 2.75) is 13.3 Å². The quantitative estimate of drug-likeness (QED) is 0.814. The van der Waals surface area contributed by atoms with Gasteiger partial charge in [-0.2, -0.15) is 0 Å². The third-order valence-electron chi connectivity index (χ3n) is 3.03. The zero-order valence-corrected chi connectivity index (χ0v) is 11.1. The van der Waals surface area contributed by atoms with Crippen LogP contribution in [-0.4, -0.2) is 36.3 Å². The van der Waals surface area contributed by atoms with Crippen molar-refractivity contribution >= 4 is 17.9 Å². The van der Waals surface area contributed by atoms with Gasteiger partial charge in [0.15, 0.2) is 0 Å². The van der Waals surface area contributed by atoms with Crippen LogP contribution in [0.3, 0.4) is 0 Å². The van der Waals surface area contributed by atoms with E-state index in [1.54, 1.807) is 11.0 Å². The Morgan fingerprint density at radius 1 is 1.42 bits per heavy atom. The van der Waals surface area contributed by atoms with Gasteiger partial charge in [-0.25, -0.2) is 0 Å². The summed E-state index contributed by atoms with van der Waals surface area (Å²) in [5, 5.41) is 2.75. The maximum absolute atomic E-state index is 12.0. The van der Waals surface area contributed by atoms with Gasteiger partial charge < -0.3 is 10.2 Å². The number of nitrogens with zero attached hydrogens (tertiary/aromatic N) is 1. The molecule has 0 spiro atoms. The normalized spacial score (nSPS) is 16.3. The summed E-state index contributed by atoms with van der Waals surface area (Å²) in [6.07, 6.45) is 4.13. The topological polar surface area (TPSA) is 49.4 Å². The van der Waals surface area contributed by atoms with Crippen LogP contribution in [0, 0.1) is 6.92 Å². The second kappa shape index (κ2) is 6.18. The third-order valence-corrected chi connectivity index (χ3v) is 3.03. The fourth-order valence-corrected chi connectivity index (χ4v) is 2.04. The number of benzene rings is 1. The fourth-order valence-electron chi connectivity index (χ4n) is 2.04. The highest BCUT2D eigenvalue weighted by atomic mass is 16.2. The van der Waals surface area contributed by atoms with E-state index in [1.165, 1.54) is 6.08 Å². The molecule has 0 aliphatic carbocycles. The molecule has 100 valence electrons. The Hall–Kier alpha value is -2.10. The Morgan fingerprint density at radius 2 is 2.26 bits per heavy atom. The first kappa shape index (κ1) is 13.3. The highest BCUT2D eigenvalue weighted by Crippen LogP contribution is 2.07. The molecule has 0 atom stereocenters. The molecule has 1 aliphatic heterocycles. The van der Waals surface area contributed by atoms with Crippen molar-refractivity contribution < 1.29 is 9.59 Å². The number of hydrogen-bond acceptors (Lipinski definition) is 2. The molecule has 19 heavy (non-hydrogen) atoms. The van der Waals surface area contributed by atoms with E-state index in [2.05, 4.69) is 5.32 Å². The molecule has 2 rings (SSSR count). The Morgan fingerprint density at radius 3 is 3.05 bits per heavy atom. The molecule has 0 saturated carbocycles. The smallest absolute Gasteiger partial charge is 0.247 e. The molecule has 1 aromatic rings. The molecule has 1 saturated heterocycles. The van der Waals surface area contributed by atoms with Crippen LogP contribution in [0.15, 0.2) is 30.3 Å². The predicted molar refractivity (Wildman–Crippen MR) is 74.4 cm³/mol. The fraction of sp³-hybridized carbons (Fsp3) is 0.333. The lowest BCUT2D eigenvalue weighted by Crippen LogP contribution is -2.36. The lowest BCUT2D eigenvalue weighted by molar-refractivity contribution is -0.131. The molecule has 1 fully saturated rings. The van der Waals surface area contributed by atoms with Gasteiger partial charge in [-0.3, -0.25) is 9.59 Å². The Kier molecular flexibility index (Phi) is 4.34. The van der Waals surface area contributed by atoms with Crippen LogP contribution in [0.4, 0.5) is 0 Å². The average molecular weight is 258 g/mol. The first-order valence-electron chi connectivity index (χ1n) is 6.45. The lowest BCUT2D eigenvalue weighted by atomic mass is 10.1. The number of nitrogens with one attached hydrogen (secondary N) is 1. The van der Waals surface area contributed by atoms with Crippen LogP contribution in [0.5, 0.6) is 0 Å². The summed E-state index contributed by atoms with van der Waals surface area (Å²) in [7, 11) is 0. The molecule has 4 nitrogen and oxygen atoms in total. The van der Waals surface area contributed by atoms with Gasteiger partial charge in [-0.1, -0.05) is 29.8 Å². The zero-order valence-electron chi connectivity index (χ0n) is 11.1. The molecule has 4 heteroatoms. The zero-order chi connectivity index (χ0) is 13.7. The molecule has 1 N–H and O–H groups in total. The monoisotopic (exact) mass is 258 g/mol. The van der Waals surface area contributed by atoms with Gasteiger partial charge in [-0.15, -0.1) is 0 Å². The van der Waals surface area contributed by atoms with Crippen LogP contribution in [0.1, 0.15) is 17.5 Å². The summed E-state index contributed by atoms with van der Waals surface area (Å²) in [6.45, 7) is 3.43. The maximum atomic E-state index is 12.0. The van der Waals surface area contributed by atoms with E-state index in [0.717, 1.165) is 17.5 Å². The minimum atomic E-state index is -0.112. The van der Waals surface area contributed by atoms with Crippen LogP contribution in [0.2, 0.25) is 0 Å². The second-order valence-corrected chi connectivity index (χ2v) is 4.71. The molecule has 1 heterocycles. The third kappa shape index (κ3) is 3.95. The minimum Gasteiger partial charge on any atom is -0.354 e. The van der Waals surface area contributed by atoms with E-state index < -0.39 is 0 Å². The van der Waals surface area contributed by atoms with Gasteiger partial charge in [0.2, 0.25) is 11.8 Å². The van der Waals surface area contributed by atoms with E-state index in [9.17, 15) is 9.59 Å². The number of aryl methyl sites for hydroxylation is 1. The number of carbonyl (C=O) groups excluding carboxylic acids is 2. The molecular formula is C15H18N2O2. The molecule has 0 unspecified atom stereocenters. The first-order valence-corrected chi connectivity index (χ1v) is 6.45. The number of hydrogen-bond donors (Lipinski definition) is 1. The van der Waals surface area contributed by atoms with Crippen molar-refractivity contribution in [1.82, 2.24) is 10.2 Å². The van der Waals surface area contributed by atoms with E-state index in [4.69, 9.17) is 0 Å². The van der Waals surface area contributed by atoms with Crippen LogP contribution in [-0.2, 0) is 9.59 Å². The van der Waals surface area contributed by atoms with Gasteiger partial charge in [0, 0.05) is 19.2 Å². The van der Waals surface area contributed by atoms with Crippen molar-refractivity contribution in [2.24, 2.45) is 0 Å². The van der Waals surface area contributed by atoms with Gasteiger partial charge in [0.05, 0.1) is 6.54 Å². The first-order chi connectivity index (χ1) is 9.15. The molecular weight excluding hydrogens is 240 g/mol. The SMILES string of the molecule is Cc1cccc(C=CC(=O)N2CCCNC(=O)C2)c1. The van der Waals surface area contributed by atoms with Crippen molar-refractivity contribution in [1.29, 1.82) is 0 Å². The summed E-state index contributed by atoms with van der Waals surface area (Å²) in [4.78, 5) is 25.0. The van der Waals surface area contributed by atoms with Gasteiger partial charge in [0.25, 0.3) is 0 Å². The van der Waals surface area contributed by atoms with Gasteiger partial charge in [0.1, 0.15) is 0 Å². The number of carbonyl (C=O) groups is 2. The lowest BCUT2D eigenvalue weighted by Gasteiger charge is -2.16. The van der Waals surface area contributed by atoms with E-state index in [-0.39, 0.29) is 18.4 Å². The standard InChI is InChI=1S/C15H18N2O2/c1-12-4-2-5-13(10-12)6-7-15(19)17-9-3-8-16-14(18)11-17/h2,4-7,10H,3,8-9,11H2,1H3,(H,16,18). The highest BCUT2D eigenvalue weighted by molar-refractivity contribution is 5.94. The van der Waals surface area contributed by atoms with Crippen molar-refractivity contribution in [3.8, 4) is 0 Å². The number of amides is 2. The Balaban J connectivity index is 2.01. The highest BCUT2D eigenvalue weighted by Gasteiger charge is 2.17. The van der Waals surface area contributed by atoms with E-state index in [0.29, 0.717) is 13.1 Å². The van der Waals surface area contributed by atoms with Gasteiger partial charge in [-0.05, 0) is 25.0 Å². The molecule has 2 amide bonds. The summed E-state index contributed by atoms with van der Waals surface area (Å²) in [5.74, 6) is -0.201. The van der Waals surface area contributed by atoms with Crippen LogP contribution < -0.4 is 5.32 Å². The largest absolute Gasteiger partial charge is 0.354 e. The van der Waals surface area contributed by atoms with E-state index in [1.807, 2.05) is 31.2 Å². The molecule has 0 radical (unpaired) electrons. The Bertz CT molecular complexity index is 509. The van der Waals surface area contributed by atoms with Crippen LogP contribution in [0.25, 0.3) is 6.08 Å². The van der Waals surface area contributed by atoms with Crippen LogP contribution >= 0.6 is 0 Å². The van der Waals surface area contributed by atoms with Gasteiger partial charge >= 0.3 is 0 Å². The van der Waals surface area contributed by atoms with Crippen molar-refractivity contribution in [2.75, 3.05) is 19.6 Å². The molecule has 1 aliphatic rings. The second-order valence-electron chi connectivity index (χ2n) is 4.71. The summed E-state index contributed by atoms with van der Waals surface area (Å²) in [6, 6.07) is 7.93. The van der Waals surface area contributed by atoms with E-state index >= 15 is 0 Å².